The monoisotopic (exact) mass is 348 g/mol. The molecule has 0 fully saturated rings. The van der Waals surface area contributed by atoms with Gasteiger partial charge in [0.15, 0.2) is 0 Å². The first-order chi connectivity index (χ1) is 8.69. The van der Waals surface area contributed by atoms with E-state index in [2.05, 4.69) is 26.1 Å². The maximum absolute atomic E-state index is 13.5. The van der Waals surface area contributed by atoms with Crippen LogP contribution < -0.4 is 0 Å². The summed E-state index contributed by atoms with van der Waals surface area (Å²) in [7, 11) is 0. The molecule has 0 bridgehead atoms. The summed E-state index contributed by atoms with van der Waals surface area (Å²) >= 11 is 6.27. The van der Waals surface area contributed by atoms with E-state index in [4.69, 9.17) is 4.42 Å². The minimum atomic E-state index is -0.227. The summed E-state index contributed by atoms with van der Waals surface area (Å²) in [6, 6.07) is 4.86. The second-order valence-corrected chi connectivity index (χ2v) is 6.13. The molecule has 0 atom stereocenters. The summed E-state index contributed by atoms with van der Waals surface area (Å²) in [4.78, 5) is 0. The topological polar surface area (TPSA) is 38.9 Å². The highest BCUT2D eigenvalue weighted by molar-refractivity contribution is 9.10. The number of benzene rings is 1. The lowest BCUT2D eigenvalue weighted by Gasteiger charge is -2.01. The number of hydrogen-bond acceptors (Lipinski definition) is 5. The van der Waals surface area contributed by atoms with Crippen LogP contribution in [0.3, 0.4) is 0 Å². The van der Waals surface area contributed by atoms with Crippen molar-refractivity contribution in [1.82, 2.24) is 10.2 Å². The molecule has 1 heterocycles. The van der Waals surface area contributed by atoms with Gasteiger partial charge in [0.25, 0.3) is 5.22 Å². The molecule has 96 valence electrons. The number of rotatable bonds is 5. The van der Waals surface area contributed by atoms with Crippen molar-refractivity contribution in [3.8, 4) is 0 Å². The Kier molecular flexibility index (Phi) is 5.08. The molecule has 0 unspecified atom stereocenters. The fraction of sp³-hybridized carbons (Fsp3) is 0.273. The second kappa shape index (κ2) is 6.58. The van der Waals surface area contributed by atoms with Gasteiger partial charge in [-0.15, -0.1) is 10.2 Å². The fourth-order valence-corrected chi connectivity index (χ4v) is 2.80. The van der Waals surface area contributed by atoms with Crippen LogP contribution in [0.25, 0.3) is 0 Å². The van der Waals surface area contributed by atoms with Crippen LogP contribution in [0.15, 0.2) is 32.3 Å². The van der Waals surface area contributed by atoms with Crippen molar-refractivity contribution >= 4 is 39.5 Å². The van der Waals surface area contributed by atoms with Crippen molar-refractivity contribution < 1.29 is 8.81 Å². The first-order valence-corrected chi connectivity index (χ1v) is 8.24. The van der Waals surface area contributed by atoms with Crippen molar-refractivity contribution in [1.29, 1.82) is 0 Å². The molecule has 0 saturated heterocycles. The normalized spacial score (nSPS) is 10.8. The van der Waals surface area contributed by atoms with Crippen LogP contribution in [-0.4, -0.2) is 16.5 Å². The van der Waals surface area contributed by atoms with Crippen LogP contribution in [0.1, 0.15) is 11.5 Å². The van der Waals surface area contributed by atoms with Gasteiger partial charge in [0.05, 0.1) is 5.75 Å². The molecule has 0 aliphatic heterocycles. The molecule has 0 aliphatic carbocycles. The number of aromatic nitrogens is 2. The molecule has 1 aromatic carbocycles. The van der Waals surface area contributed by atoms with Gasteiger partial charge < -0.3 is 4.42 Å². The number of thioether (sulfide) groups is 2. The summed E-state index contributed by atoms with van der Waals surface area (Å²) in [6.07, 6.45) is 1.97. The Bertz CT molecular complexity index is 536. The van der Waals surface area contributed by atoms with E-state index in [1.165, 1.54) is 17.8 Å². The largest absolute Gasteiger partial charge is 0.415 e. The minimum absolute atomic E-state index is 0.227. The predicted molar refractivity (Wildman–Crippen MR) is 75.2 cm³/mol. The molecular formula is C11H10BrFN2OS2. The Morgan fingerprint density at radius 3 is 2.94 bits per heavy atom. The van der Waals surface area contributed by atoms with Crippen molar-refractivity contribution in [2.75, 3.05) is 6.26 Å². The van der Waals surface area contributed by atoms with Crippen LogP contribution in [0.5, 0.6) is 0 Å². The molecular weight excluding hydrogens is 339 g/mol. The van der Waals surface area contributed by atoms with E-state index >= 15 is 0 Å². The van der Waals surface area contributed by atoms with Crippen molar-refractivity contribution in [2.45, 2.75) is 16.7 Å². The third kappa shape index (κ3) is 3.73. The van der Waals surface area contributed by atoms with E-state index in [9.17, 15) is 4.39 Å². The summed E-state index contributed by atoms with van der Waals surface area (Å²) < 4.78 is 19.8. The van der Waals surface area contributed by atoms with Gasteiger partial charge in [0.1, 0.15) is 5.82 Å². The van der Waals surface area contributed by atoms with E-state index in [0.29, 0.717) is 28.2 Å². The maximum Gasteiger partial charge on any atom is 0.276 e. The Hall–Kier alpha value is -0.530. The van der Waals surface area contributed by atoms with Gasteiger partial charge in [-0.05, 0) is 30.0 Å². The third-order valence-corrected chi connectivity index (χ3v) is 3.97. The van der Waals surface area contributed by atoms with Crippen LogP contribution in [0, 0.1) is 5.82 Å². The van der Waals surface area contributed by atoms with Crippen LogP contribution in [0.2, 0.25) is 0 Å². The van der Waals surface area contributed by atoms with Crippen molar-refractivity contribution in [3.05, 3.63) is 39.9 Å². The van der Waals surface area contributed by atoms with Crippen LogP contribution >= 0.6 is 39.5 Å². The summed E-state index contributed by atoms with van der Waals surface area (Å²) in [6.45, 7) is 0. The number of halogens is 2. The van der Waals surface area contributed by atoms with E-state index in [-0.39, 0.29) is 5.82 Å². The van der Waals surface area contributed by atoms with Gasteiger partial charge in [0.2, 0.25) is 5.89 Å². The highest BCUT2D eigenvalue weighted by Crippen LogP contribution is 2.25. The van der Waals surface area contributed by atoms with Gasteiger partial charge in [-0.2, -0.15) is 11.8 Å². The summed E-state index contributed by atoms with van der Waals surface area (Å²) in [5, 5.41) is 8.27. The molecule has 18 heavy (non-hydrogen) atoms. The Balaban J connectivity index is 1.99. The number of hydrogen-bond donors (Lipinski definition) is 0. The smallest absolute Gasteiger partial charge is 0.276 e. The van der Waals surface area contributed by atoms with Crippen molar-refractivity contribution in [3.63, 3.8) is 0 Å². The van der Waals surface area contributed by atoms with Crippen LogP contribution in [0.4, 0.5) is 4.39 Å². The first kappa shape index (κ1) is 13.9. The van der Waals surface area contributed by atoms with Gasteiger partial charge in [-0.25, -0.2) is 4.39 Å². The zero-order valence-corrected chi connectivity index (χ0v) is 12.7. The van der Waals surface area contributed by atoms with Gasteiger partial charge in [-0.1, -0.05) is 27.7 Å². The predicted octanol–water partition coefficient (Wildman–Crippen LogP) is 4.13. The average Bonchev–Trinajstić information content (AvgIpc) is 2.79. The number of nitrogens with zero attached hydrogens (tertiary/aromatic N) is 2. The molecule has 0 amide bonds. The molecule has 0 N–H and O–H groups in total. The average molecular weight is 349 g/mol. The minimum Gasteiger partial charge on any atom is -0.415 e. The molecule has 3 nitrogen and oxygen atoms in total. The molecule has 0 radical (unpaired) electrons. The highest BCUT2D eigenvalue weighted by Gasteiger charge is 2.09. The summed E-state index contributed by atoms with van der Waals surface area (Å²) in [5.41, 5.74) is 0.610. The first-order valence-electron chi connectivity index (χ1n) is 5.07. The maximum atomic E-state index is 13.5. The molecule has 7 heteroatoms. The van der Waals surface area contributed by atoms with Gasteiger partial charge in [0, 0.05) is 10.2 Å². The second-order valence-electron chi connectivity index (χ2n) is 3.42. The van der Waals surface area contributed by atoms with E-state index < -0.39 is 0 Å². The SMILES string of the molecule is CSCc1nnc(SCc2cc(Br)ccc2F)o1. The molecule has 0 saturated carbocycles. The van der Waals surface area contributed by atoms with E-state index in [0.717, 1.165) is 4.47 Å². The van der Waals surface area contributed by atoms with E-state index in [1.807, 2.05) is 6.26 Å². The molecule has 2 rings (SSSR count). The fourth-order valence-electron chi connectivity index (χ4n) is 1.27. The Morgan fingerprint density at radius 2 is 2.17 bits per heavy atom. The lowest BCUT2D eigenvalue weighted by Crippen LogP contribution is -1.87. The molecule has 1 aromatic heterocycles. The molecule has 2 aromatic rings. The van der Waals surface area contributed by atoms with Gasteiger partial charge in [-0.3, -0.25) is 0 Å². The molecule has 0 aliphatic rings. The zero-order valence-electron chi connectivity index (χ0n) is 9.52. The van der Waals surface area contributed by atoms with Gasteiger partial charge >= 0.3 is 0 Å². The quantitative estimate of drug-likeness (QED) is 0.759. The lowest BCUT2D eigenvalue weighted by atomic mass is 10.2. The molecule has 0 spiro atoms. The Morgan fingerprint density at radius 1 is 1.33 bits per heavy atom. The summed E-state index contributed by atoms with van der Waals surface area (Å²) in [5.74, 6) is 1.53. The Labute approximate surface area is 121 Å². The van der Waals surface area contributed by atoms with E-state index in [1.54, 1.807) is 23.9 Å². The highest BCUT2D eigenvalue weighted by atomic mass is 79.9. The lowest BCUT2D eigenvalue weighted by molar-refractivity contribution is 0.426. The zero-order chi connectivity index (χ0) is 13.0. The van der Waals surface area contributed by atoms with Crippen LogP contribution in [-0.2, 0) is 11.5 Å². The van der Waals surface area contributed by atoms with Crippen molar-refractivity contribution in [2.24, 2.45) is 0 Å². The standard InChI is InChI=1S/C11H10BrFN2OS2/c1-17-6-10-14-15-11(16-10)18-5-7-4-8(12)2-3-9(7)13/h2-4H,5-6H2,1H3. The third-order valence-electron chi connectivity index (χ3n) is 2.08.